The SMILES string of the molecule is Cc1cccc2c(=O)n(CC(=O)OC(C)C(=O)Nc3cc(Cl)ccc3Cl)cnc12. The quantitative estimate of drug-likeness (QED) is 0.620. The van der Waals surface area contributed by atoms with Crippen LogP contribution in [-0.2, 0) is 20.9 Å². The lowest BCUT2D eigenvalue weighted by atomic mass is 10.1. The van der Waals surface area contributed by atoms with E-state index < -0.39 is 18.0 Å². The fourth-order valence-electron chi connectivity index (χ4n) is 2.70. The van der Waals surface area contributed by atoms with Gasteiger partial charge < -0.3 is 10.1 Å². The molecule has 150 valence electrons. The summed E-state index contributed by atoms with van der Waals surface area (Å²) in [5.41, 5.74) is 1.38. The second kappa shape index (κ2) is 8.63. The number of esters is 1. The zero-order valence-corrected chi connectivity index (χ0v) is 17.1. The fourth-order valence-corrected chi connectivity index (χ4v) is 3.04. The van der Waals surface area contributed by atoms with Crippen LogP contribution in [-0.4, -0.2) is 27.5 Å². The van der Waals surface area contributed by atoms with Gasteiger partial charge >= 0.3 is 5.97 Å². The van der Waals surface area contributed by atoms with Crippen molar-refractivity contribution >= 4 is 51.7 Å². The van der Waals surface area contributed by atoms with Gasteiger partial charge in [-0.1, -0.05) is 35.3 Å². The van der Waals surface area contributed by atoms with Crippen molar-refractivity contribution in [3.05, 3.63) is 68.7 Å². The molecule has 0 aliphatic rings. The van der Waals surface area contributed by atoms with Crippen molar-refractivity contribution in [2.24, 2.45) is 0 Å². The highest BCUT2D eigenvalue weighted by atomic mass is 35.5. The summed E-state index contributed by atoms with van der Waals surface area (Å²) in [7, 11) is 0. The monoisotopic (exact) mass is 433 g/mol. The van der Waals surface area contributed by atoms with Crippen molar-refractivity contribution in [3.63, 3.8) is 0 Å². The Balaban J connectivity index is 1.68. The molecule has 1 amide bonds. The van der Waals surface area contributed by atoms with E-state index >= 15 is 0 Å². The molecule has 9 heteroatoms. The molecule has 29 heavy (non-hydrogen) atoms. The van der Waals surface area contributed by atoms with Crippen molar-refractivity contribution < 1.29 is 14.3 Å². The molecule has 0 bridgehead atoms. The van der Waals surface area contributed by atoms with Gasteiger partial charge in [0.05, 0.1) is 27.9 Å². The summed E-state index contributed by atoms with van der Waals surface area (Å²) < 4.78 is 6.28. The van der Waals surface area contributed by atoms with Gasteiger partial charge in [-0.15, -0.1) is 0 Å². The van der Waals surface area contributed by atoms with Gasteiger partial charge in [0.1, 0.15) is 6.54 Å². The standard InChI is InChI=1S/C20H17Cl2N3O4/c1-11-4-3-5-14-18(11)23-10-25(20(14)28)9-17(26)29-12(2)19(27)24-16-8-13(21)6-7-15(16)22/h3-8,10,12H,9H2,1-2H3,(H,24,27). The number of anilines is 1. The lowest BCUT2D eigenvalue weighted by Gasteiger charge is -2.15. The number of ether oxygens (including phenoxy) is 1. The van der Waals surface area contributed by atoms with Crippen LogP contribution in [0.3, 0.4) is 0 Å². The number of aryl methyl sites for hydroxylation is 1. The first-order valence-electron chi connectivity index (χ1n) is 8.66. The molecule has 1 N–H and O–H groups in total. The van der Waals surface area contributed by atoms with Crippen LogP contribution in [0.15, 0.2) is 47.5 Å². The smallest absolute Gasteiger partial charge is 0.326 e. The van der Waals surface area contributed by atoms with Gasteiger partial charge in [-0.3, -0.25) is 19.0 Å². The van der Waals surface area contributed by atoms with E-state index in [1.165, 1.54) is 25.4 Å². The molecule has 3 aromatic rings. The molecular weight excluding hydrogens is 417 g/mol. The van der Waals surface area contributed by atoms with Crippen LogP contribution >= 0.6 is 23.2 Å². The highest BCUT2D eigenvalue weighted by Gasteiger charge is 2.20. The Morgan fingerprint density at radius 1 is 1.24 bits per heavy atom. The Bertz CT molecular complexity index is 1160. The van der Waals surface area contributed by atoms with E-state index in [0.717, 1.165) is 10.1 Å². The maximum absolute atomic E-state index is 12.6. The summed E-state index contributed by atoms with van der Waals surface area (Å²) in [6.07, 6.45) is 0.180. The zero-order chi connectivity index (χ0) is 21.1. The van der Waals surface area contributed by atoms with Crippen LogP contribution in [0.1, 0.15) is 12.5 Å². The summed E-state index contributed by atoms with van der Waals surface area (Å²) in [6, 6.07) is 9.84. The molecule has 0 radical (unpaired) electrons. The first-order valence-corrected chi connectivity index (χ1v) is 9.42. The minimum absolute atomic E-state index is 0.297. The summed E-state index contributed by atoms with van der Waals surface area (Å²) in [5.74, 6) is -1.33. The molecule has 0 saturated carbocycles. The van der Waals surface area contributed by atoms with Gasteiger partial charge in [-0.25, -0.2) is 4.98 Å². The number of hydrogen-bond donors (Lipinski definition) is 1. The highest BCUT2D eigenvalue weighted by Crippen LogP contribution is 2.25. The van der Waals surface area contributed by atoms with E-state index in [0.29, 0.717) is 26.6 Å². The Morgan fingerprint density at radius 3 is 2.76 bits per heavy atom. The van der Waals surface area contributed by atoms with Crippen molar-refractivity contribution in [2.45, 2.75) is 26.5 Å². The number of rotatable bonds is 5. The minimum Gasteiger partial charge on any atom is -0.451 e. The minimum atomic E-state index is -1.11. The highest BCUT2D eigenvalue weighted by molar-refractivity contribution is 6.35. The van der Waals surface area contributed by atoms with Crippen LogP contribution in [0.4, 0.5) is 5.69 Å². The van der Waals surface area contributed by atoms with E-state index in [9.17, 15) is 14.4 Å². The van der Waals surface area contributed by atoms with E-state index in [1.54, 1.807) is 18.2 Å². The van der Waals surface area contributed by atoms with Crippen molar-refractivity contribution in [2.75, 3.05) is 5.32 Å². The van der Waals surface area contributed by atoms with Crippen LogP contribution < -0.4 is 10.9 Å². The molecule has 0 fully saturated rings. The Morgan fingerprint density at radius 2 is 2.00 bits per heavy atom. The van der Waals surface area contributed by atoms with Crippen LogP contribution in [0.2, 0.25) is 10.0 Å². The first-order chi connectivity index (χ1) is 13.8. The molecule has 0 saturated heterocycles. The number of nitrogens with zero attached hydrogens (tertiary/aromatic N) is 2. The number of carbonyl (C=O) groups is 2. The summed E-state index contributed by atoms with van der Waals surface area (Å²) in [5, 5.41) is 3.65. The molecular formula is C20H17Cl2N3O4. The van der Waals surface area contributed by atoms with E-state index in [1.807, 2.05) is 13.0 Å². The van der Waals surface area contributed by atoms with E-state index in [2.05, 4.69) is 10.3 Å². The summed E-state index contributed by atoms with van der Waals surface area (Å²) >= 11 is 11.9. The van der Waals surface area contributed by atoms with E-state index in [-0.39, 0.29) is 12.1 Å². The Labute approximate surface area is 176 Å². The molecule has 1 aromatic heterocycles. The van der Waals surface area contributed by atoms with Gasteiger partial charge in [-0.2, -0.15) is 0 Å². The number of benzene rings is 2. The van der Waals surface area contributed by atoms with Crippen molar-refractivity contribution in [1.29, 1.82) is 0 Å². The van der Waals surface area contributed by atoms with Crippen molar-refractivity contribution in [1.82, 2.24) is 9.55 Å². The average molecular weight is 434 g/mol. The third-order valence-corrected chi connectivity index (χ3v) is 4.78. The second-order valence-corrected chi connectivity index (χ2v) is 7.24. The predicted octanol–water partition coefficient (Wildman–Crippen LogP) is 3.58. The summed E-state index contributed by atoms with van der Waals surface area (Å²) in [4.78, 5) is 41.3. The fraction of sp³-hybridized carbons (Fsp3) is 0.200. The Hall–Kier alpha value is -2.90. The van der Waals surface area contributed by atoms with Gasteiger partial charge in [0.15, 0.2) is 6.10 Å². The topological polar surface area (TPSA) is 90.3 Å². The van der Waals surface area contributed by atoms with Crippen LogP contribution in [0.5, 0.6) is 0 Å². The van der Waals surface area contributed by atoms with Gasteiger partial charge in [-0.05, 0) is 43.7 Å². The van der Waals surface area contributed by atoms with Gasteiger partial charge in [0.25, 0.3) is 11.5 Å². The number of amides is 1. The Kier molecular flexibility index (Phi) is 6.20. The van der Waals surface area contributed by atoms with Crippen LogP contribution in [0, 0.1) is 6.92 Å². The first kappa shape index (κ1) is 20.8. The molecule has 3 rings (SSSR count). The maximum Gasteiger partial charge on any atom is 0.326 e. The zero-order valence-electron chi connectivity index (χ0n) is 15.6. The molecule has 0 spiro atoms. The number of carbonyl (C=O) groups excluding carboxylic acids is 2. The number of hydrogen-bond acceptors (Lipinski definition) is 5. The molecule has 2 aromatic carbocycles. The predicted molar refractivity (Wildman–Crippen MR) is 111 cm³/mol. The number of para-hydroxylation sites is 1. The second-order valence-electron chi connectivity index (χ2n) is 6.39. The molecule has 7 nitrogen and oxygen atoms in total. The molecule has 1 heterocycles. The molecule has 0 aliphatic carbocycles. The third-order valence-electron chi connectivity index (χ3n) is 4.22. The van der Waals surface area contributed by atoms with E-state index in [4.69, 9.17) is 27.9 Å². The normalized spacial score (nSPS) is 11.9. The largest absolute Gasteiger partial charge is 0.451 e. The molecule has 1 atom stereocenters. The maximum atomic E-state index is 12.6. The van der Waals surface area contributed by atoms with Crippen molar-refractivity contribution in [3.8, 4) is 0 Å². The number of fused-ring (bicyclic) bond motifs is 1. The molecule has 0 aliphatic heterocycles. The third kappa shape index (κ3) is 4.75. The number of nitrogens with one attached hydrogen (secondary N) is 1. The number of aromatic nitrogens is 2. The lowest BCUT2D eigenvalue weighted by molar-refractivity contribution is -0.153. The molecule has 1 unspecified atom stereocenters. The average Bonchev–Trinajstić information content (AvgIpc) is 2.67. The number of halogens is 2. The summed E-state index contributed by atoms with van der Waals surface area (Å²) in [6.45, 7) is 2.89. The van der Waals surface area contributed by atoms with Gasteiger partial charge in [0.2, 0.25) is 0 Å². The van der Waals surface area contributed by atoms with Gasteiger partial charge in [0, 0.05) is 5.02 Å². The lowest BCUT2D eigenvalue weighted by Crippen LogP contribution is -2.33. The van der Waals surface area contributed by atoms with Crippen LogP contribution in [0.25, 0.3) is 10.9 Å².